The van der Waals surface area contributed by atoms with Crippen molar-refractivity contribution in [2.75, 3.05) is 19.8 Å². The van der Waals surface area contributed by atoms with E-state index in [0.717, 1.165) is 28.0 Å². The van der Waals surface area contributed by atoms with E-state index in [1.54, 1.807) is 24.3 Å². The van der Waals surface area contributed by atoms with Gasteiger partial charge in [0.1, 0.15) is 13.2 Å². The van der Waals surface area contributed by atoms with E-state index in [-0.39, 0.29) is 11.8 Å². The molecule has 130 valence electrons. The smallest absolute Gasteiger partial charge is 0.261 e. The normalized spacial score (nSPS) is 15.6. The van der Waals surface area contributed by atoms with E-state index in [4.69, 9.17) is 9.47 Å². The van der Waals surface area contributed by atoms with Crippen molar-refractivity contribution in [1.29, 1.82) is 0 Å². The van der Waals surface area contributed by atoms with E-state index in [2.05, 4.69) is 4.98 Å². The van der Waals surface area contributed by atoms with Crippen molar-refractivity contribution in [3.05, 3.63) is 59.3 Å². The molecule has 0 aliphatic carbocycles. The van der Waals surface area contributed by atoms with Gasteiger partial charge in [0.05, 0.1) is 11.1 Å². The summed E-state index contributed by atoms with van der Waals surface area (Å²) in [6.07, 6.45) is 2.49. The number of amides is 2. The molecule has 1 N–H and O–H groups in total. The lowest BCUT2D eigenvalue weighted by Crippen LogP contribution is -2.31. The van der Waals surface area contributed by atoms with E-state index in [1.165, 1.54) is 4.90 Å². The number of hydrogen-bond acceptors (Lipinski definition) is 4. The third-order valence-corrected chi connectivity index (χ3v) is 4.91. The van der Waals surface area contributed by atoms with Crippen LogP contribution in [0.4, 0.5) is 0 Å². The summed E-state index contributed by atoms with van der Waals surface area (Å²) in [4.78, 5) is 29.5. The Balaban J connectivity index is 1.41. The van der Waals surface area contributed by atoms with E-state index in [9.17, 15) is 9.59 Å². The number of hydrogen-bond donors (Lipinski definition) is 1. The maximum Gasteiger partial charge on any atom is 0.261 e. The van der Waals surface area contributed by atoms with Crippen LogP contribution in [0.15, 0.2) is 42.6 Å². The predicted molar refractivity (Wildman–Crippen MR) is 94.8 cm³/mol. The highest BCUT2D eigenvalue weighted by molar-refractivity contribution is 6.21. The van der Waals surface area contributed by atoms with Gasteiger partial charge in [0, 0.05) is 29.7 Å². The van der Waals surface area contributed by atoms with Crippen molar-refractivity contribution in [2.24, 2.45) is 0 Å². The highest BCUT2D eigenvalue weighted by atomic mass is 16.6. The number of imide groups is 1. The monoisotopic (exact) mass is 348 g/mol. The first-order valence-electron chi connectivity index (χ1n) is 8.57. The molecular formula is C20H16N2O4. The van der Waals surface area contributed by atoms with Gasteiger partial charge in [0.2, 0.25) is 0 Å². The van der Waals surface area contributed by atoms with Gasteiger partial charge in [-0.3, -0.25) is 14.5 Å². The fraction of sp³-hybridized carbons (Fsp3) is 0.200. The highest BCUT2D eigenvalue weighted by Crippen LogP contribution is 2.35. The molecule has 2 aromatic carbocycles. The maximum atomic E-state index is 12.5. The van der Waals surface area contributed by atoms with Gasteiger partial charge in [-0.15, -0.1) is 0 Å². The van der Waals surface area contributed by atoms with Gasteiger partial charge in [0.25, 0.3) is 11.8 Å². The topological polar surface area (TPSA) is 71.6 Å². The Bertz CT molecular complexity index is 1020. The van der Waals surface area contributed by atoms with Gasteiger partial charge in [-0.25, -0.2) is 0 Å². The standard InChI is InChI=1S/C20H16N2O4/c23-19-13-3-1-2-4-14(13)20(24)22(19)6-5-12-11-21-16-10-18-17(9-15(12)16)25-7-8-26-18/h1-4,9-11,21H,5-8H2. The second kappa shape index (κ2) is 5.62. The van der Waals surface area contributed by atoms with Crippen molar-refractivity contribution < 1.29 is 19.1 Å². The fourth-order valence-corrected chi connectivity index (χ4v) is 3.60. The number of fused-ring (bicyclic) bond motifs is 3. The van der Waals surface area contributed by atoms with Crippen LogP contribution in [0.2, 0.25) is 0 Å². The third-order valence-electron chi connectivity index (χ3n) is 4.91. The molecule has 3 aromatic rings. The summed E-state index contributed by atoms with van der Waals surface area (Å²) in [5.41, 5.74) is 2.95. The van der Waals surface area contributed by atoms with Gasteiger partial charge in [-0.05, 0) is 30.2 Å². The number of aromatic nitrogens is 1. The maximum absolute atomic E-state index is 12.5. The van der Waals surface area contributed by atoms with Crippen molar-refractivity contribution >= 4 is 22.7 Å². The molecule has 2 amide bonds. The average Bonchev–Trinajstić information content (AvgIpc) is 3.17. The lowest BCUT2D eigenvalue weighted by atomic mass is 10.1. The van der Waals surface area contributed by atoms with Crippen LogP contribution in [0, 0.1) is 0 Å². The first-order chi connectivity index (χ1) is 12.7. The summed E-state index contributed by atoms with van der Waals surface area (Å²) in [7, 11) is 0. The van der Waals surface area contributed by atoms with Crippen LogP contribution < -0.4 is 9.47 Å². The molecular weight excluding hydrogens is 332 g/mol. The van der Waals surface area contributed by atoms with Crippen molar-refractivity contribution in [3.8, 4) is 11.5 Å². The Labute approximate surface area is 149 Å². The number of aromatic amines is 1. The van der Waals surface area contributed by atoms with Crippen LogP contribution in [-0.2, 0) is 6.42 Å². The number of benzene rings is 2. The molecule has 0 fully saturated rings. The summed E-state index contributed by atoms with van der Waals surface area (Å²) in [6.45, 7) is 1.42. The van der Waals surface area contributed by atoms with Crippen LogP contribution in [0.5, 0.6) is 11.5 Å². The summed E-state index contributed by atoms with van der Waals surface area (Å²) < 4.78 is 11.3. The van der Waals surface area contributed by atoms with E-state index in [1.807, 2.05) is 18.3 Å². The zero-order chi connectivity index (χ0) is 17.7. The molecule has 1 aromatic heterocycles. The molecule has 6 heteroatoms. The molecule has 0 atom stereocenters. The number of nitrogens with zero attached hydrogens (tertiary/aromatic N) is 1. The molecule has 5 rings (SSSR count). The predicted octanol–water partition coefficient (Wildman–Crippen LogP) is 2.78. The molecule has 2 aliphatic heterocycles. The molecule has 0 bridgehead atoms. The SMILES string of the molecule is O=C1c2ccccc2C(=O)N1CCc1c[nH]c2cc3c(cc12)OCCO3. The van der Waals surface area contributed by atoms with Gasteiger partial charge in [-0.1, -0.05) is 12.1 Å². The number of H-pyrrole nitrogens is 1. The lowest BCUT2D eigenvalue weighted by Gasteiger charge is -2.18. The number of rotatable bonds is 3. The molecule has 0 unspecified atom stereocenters. The molecule has 0 spiro atoms. The average molecular weight is 348 g/mol. The second-order valence-corrected chi connectivity index (χ2v) is 6.41. The molecule has 0 radical (unpaired) electrons. The van der Waals surface area contributed by atoms with Gasteiger partial charge >= 0.3 is 0 Å². The minimum Gasteiger partial charge on any atom is -0.486 e. The van der Waals surface area contributed by atoms with E-state index >= 15 is 0 Å². The molecule has 26 heavy (non-hydrogen) atoms. The number of carbonyl (C=O) groups is 2. The molecule has 3 heterocycles. The number of carbonyl (C=O) groups excluding carboxylic acids is 2. The Morgan fingerprint density at radius 2 is 1.62 bits per heavy atom. The van der Waals surface area contributed by atoms with Gasteiger partial charge in [0.15, 0.2) is 11.5 Å². The van der Waals surface area contributed by atoms with Crippen LogP contribution in [0.3, 0.4) is 0 Å². The fourth-order valence-electron chi connectivity index (χ4n) is 3.60. The molecule has 0 saturated carbocycles. The minimum atomic E-state index is -0.223. The Morgan fingerprint density at radius 1 is 0.962 bits per heavy atom. The second-order valence-electron chi connectivity index (χ2n) is 6.41. The molecule has 0 saturated heterocycles. The number of nitrogens with one attached hydrogen (secondary N) is 1. The zero-order valence-electron chi connectivity index (χ0n) is 14.0. The quantitative estimate of drug-likeness (QED) is 0.739. The zero-order valence-corrected chi connectivity index (χ0v) is 14.0. The van der Waals surface area contributed by atoms with E-state index < -0.39 is 0 Å². The third kappa shape index (κ3) is 2.19. The van der Waals surface area contributed by atoms with Crippen LogP contribution >= 0.6 is 0 Å². The van der Waals surface area contributed by atoms with Crippen LogP contribution in [0.1, 0.15) is 26.3 Å². The first-order valence-corrected chi connectivity index (χ1v) is 8.57. The lowest BCUT2D eigenvalue weighted by molar-refractivity contribution is 0.0656. The van der Waals surface area contributed by atoms with Gasteiger partial charge in [-0.2, -0.15) is 0 Å². The molecule has 2 aliphatic rings. The summed E-state index contributed by atoms with van der Waals surface area (Å²) in [6, 6.07) is 10.8. The van der Waals surface area contributed by atoms with Crippen LogP contribution in [-0.4, -0.2) is 41.5 Å². The Morgan fingerprint density at radius 3 is 2.31 bits per heavy atom. The van der Waals surface area contributed by atoms with E-state index in [0.29, 0.717) is 37.3 Å². The first kappa shape index (κ1) is 15.0. The summed E-state index contributed by atoms with van der Waals surface area (Å²) >= 11 is 0. The highest BCUT2D eigenvalue weighted by Gasteiger charge is 2.34. The summed E-state index contributed by atoms with van der Waals surface area (Å²) in [5, 5.41) is 1.02. The largest absolute Gasteiger partial charge is 0.486 e. The van der Waals surface area contributed by atoms with Crippen molar-refractivity contribution in [3.63, 3.8) is 0 Å². The molecule has 6 nitrogen and oxygen atoms in total. The Hall–Kier alpha value is -3.28. The Kier molecular flexibility index (Phi) is 3.25. The van der Waals surface area contributed by atoms with Crippen molar-refractivity contribution in [1.82, 2.24) is 9.88 Å². The van der Waals surface area contributed by atoms with Gasteiger partial charge < -0.3 is 14.5 Å². The van der Waals surface area contributed by atoms with Crippen molar-refractivity contribution in [2.45, 2.75) is 6.42 Å². The van der Waals surface area contributed by atoms with Crippen LogP contribution in [0.25, 0.3) is 10.9 Å². The summed E-state index contributed by atoms with van der Waals surface area (Å²) in [5.74, 6) is 1.02. The number of ether oxygens (including phenoxy) is 2. The minimum absolute atomic E-state index is 0.223.